The number of fused-ring (bicyclic) bond motifs is 1. The number of aliphatic imine (C=N–C) groups is 1. The van der Waals surface area contributed by atoms with Gasteiger partial charge in [-0.3, -0.25) is 4.99 Å². The fourth-order valence-corrected chi connectivity index (χ4v) is 4.84. The maximum Gasteiger partial charge on any atom is 0.191 e. The SMILES string of the molecule is CN=C(NCC1(c2ccccc2Cl)CCOCC1)NC1CCc2nc(COC)nn2C1. The third-order valence-corrected chi connectivity index (χ3v) is 6.56. The van der Waals surface area contributed by atoms with Gasteiger partial charge in [0.15, 0.2) is 11.8 Å². The molecule has 2 aliphatic heterocycles. The van der Waals surface area contributed by atoms with Crippen molar-refractivity contribution in [3.8, 4) is 0 Å². The zero-order chi connectivity index (χ0) is 21.7. The van der Waals surface area contributed by atoms with Gasteiger partial charge in [-0.15, -0.1) is 0 Å². The van der Waals surface area contributed by atoms with Crippen LogP contribution in [0, 0.1) is 0 Å². The zero-order valence-electron chi connectivity index (χ0n) is 18.2. The largest absolute Gasteiger partial charge is 0.381 e. The summed E-state index contributed by atoms with van der Waals surface area (Å²) in [7, 11) is 3.47. The first-order valence-corrected chi connectivity index (χ1v) is 11.2. The summed E-state index contributed by atoms with van der Waals surface area (Å²) in [5.74, 6) is 2.55. The number of hydrogen-bond acceptors (Lipinski definition) is 5. The quantitative estimate of drug-likeness (QED) is 0.523. The fraction of sp³-hybridized carbons (Fsp3) is 0.591. The van der Waals surface area contributed by atoms with Crippen molar-refractivity contribution in [1.29, 1.82) is 0 Å². The van der Waals surface area contributed by atoms with Gasteiger partial charge in [-0.25, -0.2) is 9.67 Å². The van der Waals surface area contributed by atoms with E-state index >= 15 is 0 Å². The zero-order valence-corrected chi connectivity index (χ0v) is 19.0. The van der Waals surface area contributed by atoms with E-state index in [1.807, 2.05) is 23.9 Å². The number of rotatable bonds is 6. The minimum absolute atomic E-state index is 0.0745. The minimum Gasteiger partial charge on any atom is -0.381 e. The number of aryl methyl sites for hydroxylation is 1. The lowest BCUT2D eigenvalue weighted by atomic mass is 9.74. The molecule has 4 rings (SSSR count). The minimum atomic E-state index is -0.0745. The molecule has 1 aromatic heterocycles. The highest BCUT2D eigenvalue weighted by Crippen LogP contribution is 2.38. The van der Waals surface area contributed by atoms with E-state index in [9.17, 15) is 0 Å². The molecule has 31 heavy (non-hydrogen) atoms. The van der Waals surface area contributed by atoms with Gasteiger partial charge >= 0.3 is 0 Å². The number of ether oxygens (including phenoxy) is 2. The summed E-state index contributed by atoms with van der Waals surface area (Å²) in [5.41, 5.74) is 1.10. The molecule has 2 aliphatic rings. The Morgan fingerprint density at radius 2 is 2.16 bits per heavy atom. The third kappa shape index (κ3) is 5.02. The van der Waals surface area contributed by atoms with E-state index in [0.29, 0.717) is 6.61 Å². The summed E-state index contributed by atoms with van der Waals surface area (Å²) in [4.78, 5) is 9.02. The van der Waals surface area contributed by atoms with Gasteiger partial charge in [0.25, 0.3) is 0 Å². The Hall–Kier alpha value is -2.16. The van der Waals surface area contributed by atoms with Gasteiger partial charge in [0.2, 0.25) is 0 Å². The Kier molecular flexibility index (Phi) is 7.09. The number of benzene rings is 1. The van der Waals surface area contributed by atoms with E-state index in [1.165, 1.54) is 5.56 Å². The average Bonchev–Trinajstić information content (AvgIpc) is 3.19. The highest BCUT2D eigenvalue weighted by Gasteiger charge is 2.36. The first kappa shape index (κ1) is 22.0. The number of nitrogens with zero attached hydrogens (tertiary/aromatic N) is 4. The van der Waals surface area contributed by atoms with Gasteiger partial charge in [0.05, 0.1) is 6.54 Å². The van der Waals surface area contributed by atoms with Gasteiger partial charge < -0.3 is 20.1 Å². The number of halogens is 1. The van der Waals surface area contributed by atoms with Crippen LogP contribution < -0.4 is 10.6 Å². The second kappa shape index (κ2) is 9.97. The van der Waals surface area contributed by atoms with Crippen LogP contribution in [0.25, 0.3) is 0 Å². The van der Waals surface area contributed by atoms with Crippen LogP contribution in [0.1, 0.15) is 36.5 Å². The molecule has 8 nitrogen and oxygen atoms in total. The Labute approximate surface area is 188 Å². The van der Waals surface area contributed by atoms with E-state index < -0.39 is 0 Å². The summed E-state index contributed by atoms with van der Waals surface area (Å²) >= 11 is 6.59. The molecule has 0 amide bonds. The van der Waals surface area contributed by atoms with Crippen molar-refractivity contribution in [3.05, 3.63) is 46.5 Å². The topological polar surface area (TPSA) is 85.6 Å². The fourth-order valence-electron chi connectivity index (χ4n) is 4.50. The smallest absolute Gasteiger partial charge is 0.191 e. The van der Waals surface area contributed by atoms with Crippen LogP contribution >= 0.6 is 11.6 Å². The molecule has 0 radical (unpaired) electrons. The molecule has 1 saturated heterocycles. The molecule has 9 heteroatoms. The van der Waals surface area contributed by atoms with Gasteiger partial charge in [-0.1, -0.05) is 29.8 Å². The van der Waals surface area contributed by atoms with Crippen molar-refractivity contribution in [2.24, 2.45) is 4.99 Å². The van der Waals surface area contributed by atoms with Gasteiger partial charge in [-0.05, 0) is 30.9 Å². The van der Waals surface area contributed by atoms with Crippen LogP contribution in [-0.4, -0.2) is 60.7 Å². The van der Waals surface area contributed by atoms with Crippen molar-refractivity contribution in [1.82, 2.24) is 25.4 Å². The van der Waals surface area contributed by atoms with E-state index in [-0.39, 0.29) is 11.5 Å². The van der Waals surface area contributed by atoms with Gasteiger partial charge in [0.1, 0.15) is 12.4 Å². The Morgan fingerprint density at radius 3 is 2.90 bits per heavy atom. The highest BCUT2D eigenvalue weighted by atomic mass is 35.5. The van der Waals surface area contributed by atoms with Crippen LogP contribution in [0.5, 0.6) is 0 Å². The van der Waals surface area contributed by atoms with Crippen molar-refractivity contribution >= 4 is 17.6 Å². The molecule has 2 N–H and O–H groups in total. The maximum absolute atomic E-state index is 6.59. The normalized spacial score (nSPS) is 20.9. The molecule has 0 aliphatic carbocycles. The number of guanidine groups is 1. The Balaban J connectivity index is 1.41. The molecule has 3 heterocycles. The molecular weight excluding hydrogens is 416 g/mol. The molecule has 0 spiro atoms. The lowest BCUT2D eigenvalue weighted by molar-refractivity contribution is 0.0514. The number of nitrogens with one attached hydrogen (secondary N) is 2. The number of methoxy groups -OCH3 is 1. The summed E-state index contributed by atoms with van der Waals surface area (Å²) in [6.45, 7) is 3.42. The summed E-state index contributed by atoms with van der Waals surface area (Å²) in [6, 6.07) is 8.38. The van der Waals surface area contributed by atoms with Crippen LogP contribution in [0.2, 0.25) is 5.02 Å². The van der Waals surface area contributed by atoms with Crippen LogP contribution in [0.15, 0.2) is 29.3 Å². The van der Waals surface area contributed by atoms with Crippen molar-refractivity contribution in [2.75, 3.05) is 33.9 Å². The first-order chi connectivity index (χ1) is 15.1. The van der Waals surface area contributed by atoms with Crippen molar-refractivity contribution in [2.45, 2.75) is 50.3 Å². The molecule has 2 aromatic rings. The lowest BCUT2D eigenvalue weighted by Gasteiger charge is -2.39. The maximum atomic E-state index is 6.59. The summed E-state index contributed by atoms with van der Waals surface area (Å²) < 4.78 is 12.8. The Bertz CT molecular complexity index is 909. The third-order valence-electron chi connectivity index (χ3n) is 6.23. The van der Waals surface area contributed by atoms with E-state index in [1.54, 1.807) is 7.11 Å². The predicted octanol–water partition coefficient (Wildman–Crippen LogP) is 2.31. The second-order valence-corrected chi connectivity index (χ2v) is 8.64. The lowest BCUT2D eigenvalue weighted by Crippen LogP contribution is -2.51. The molecule has 0 bridgehead atoms. The highest BCUT2D eigenvalue weighted by molar-refractivity contribution is 6.31. The van der Waals surface area contributed by atoms with Crippen LogP contribution in [0.3, 0.4) is 0 Å². The standard InChI is InChI=1S/C22H31ClN6O2/c1-24-21(26-16-7-8-20-27-19(14-30-2)28-29(20)13-16)25-15-22(9-11-31-12-10-22)17-5-3-4-6-18(17)23/h3-6,16H,7-15H2,1-2H3,(H2,24,25,26). The molecule has 1 fully saturated rings. The summed E-state index contributed by atoms with van der Waals surface area (Å²) in [6.07, 6.45) is 3.71. The molecule has 0 saturated carbocycles. The molecule has 1 aromatic carbocycles. The van der Waals surface area contributed by atoms with E-state index in [0.717, 1.165) is 74.6 Å². The molecule has 168 valence electrons. The molecular formula is C22H31ClN6O2. The van der Waals surface area contributed by atoms with E-state index in [4.69, 9.17) is 21.1 Å². The van der Waals surface area contributed by atoms with Gasteiger partial charge in [-0.2, -0.15) is 5.10 Å². The average molecular weight is 447 g/mol. The number of aromatic nitrogens is 3. The number of hydrogen-bond donors (Lipinski definition) is 2. The van der Waals surface area contributed by atoms with Crippen molar-refractivity contribution in [3.63, 3.8) is 0 Å². The van der Waals surface area contributed by atoms with Crippen LogP contribution in [-0.2, 0) is 34.5 Å². The molecule has 1 atom stereocenters. The molecule has 1 unspecified atom stereocenters. The van der Waals surface area contributed by atoms with E-state index in [2.05, 4.69) is 37.8 Å². The first-order valence-electron chi connectivity index (χ1n) is 10.8. The predicted molar refractivity (Wildman–Crippen MR) is 121 cm³/mol. The van der Waals surface area contributed by atoms with Crippen LogP contribution in [0.4, 0.5) is 0 Å². The second-order valence-electron chi connectivity index (χ2n) is 8.24. The van der Waals surface area contributed by atoms with Crippen molar-refractivity contribution < 1.29 is 9.47 Å². The van der Waals surface area contributed by atoms with Gasteiger partial charge in [0, 0.05) is 56.8 Å². The summed E-state index contributed by atoms with van der Waals surface area (Å²) in [5, 5.41) is 12.5. The Morgan fingerprint density at radius 1 is 1.35 bits per heavy atom. The monoisotopic (exact) mass is 446 g/mol.